The van der Waals surface area contributed by atoms with Crippen LogP contribution in [0.4, 0.5) is 10.1 Å². The van der Waals surface area contributed by atoms with Crippen LogP contribution in [0.3, 0.4) is 0 Å². The Labute approximate surface area is 186 Å². The number of benzene rings is 3. The molecule has 0 radical (unpaired) electrons. The van der Waals surface area contributed by atoms with Gasteiger partial charge in [0.25, 0.3) is 5.91 Å². The minimum atomic E-state index is -0.476. The fourth-order valence-electron chi connectivity index (χ4n) is 3.37. The molecule has 1 aliphatic heterocycles. The zero-order valence-corrected chi connectivity index (χ0v) is 18.0. The summed E-state index contributed by atoms with van der Waals surface area (Å²) >= 11 is 0. The maximum atomic E-state index is 13.0. The van der Waals surface area contributed by atoms with Crippen molar-refractivity contribution in [2.24, 2.45) is 0 Å². The molecule has 32 heavy (non-hydrogen) atoms. The molecule has 0 bridgehead atoms. The zero-order valence-electron chi connectivity index (χ0n) is 18.0. The second-order valence-corrected chi connectivity index (χ2v) is 7.96. The van der Waals surface area contributed by atoms with E-state index in [1.54, 1.807) is 37.4 Å². The van der Waals surface area contributed by atoms with Crippen LogP contribution in [0.5, 0.6) is 17.2 Å². The van der Waals surface area contributed by atoms with E-state index in [1.165, 1.54) is 12.1 Å². The van der Waals surface area contributed by atoms with Crippen molar-refractivity contribution in [3.8, 4) is 17.2 Å². The van der Waals surface area contributed by atoms with Crippen LogP contribution in [0.2, 0.25) is 0 Å². The van der Waals surface area contributed by atoms with Gasteiger partial charge >= 0.3 is 0 Å². The molecule has 7 heteroatoms. The van der Waals surface area contributed by atoms with Crippen LogP contribution in [-0.4, -0.2) is 31.8 Å². The zero-order chi connectivity index (χ0) is 22.6. The van der Waals surface area contributed by atoms with Crippen LogP contribution in [0.1, 0.15) is 22.8 Å². The molecule has 0 spiro atoms. The molecule has 3 aromatic rings. The Balaban J connectivity index is 1.38. The highest BCUT2D eigenvalue weighted by molar-refractivity contribution is 5.95. The first kappa shape index (κ1) is 21.5. The van der Waals surface area contributed by atoms with E-state index in [0.29, 0.717) is 31.1 Å². The highest BCUT2D eigenvalue weighted by Crippen LogP contribution is 2.34. The van der Waals surface area contributed by atoms with E-state index in [1.807, 2.05) is 31.2 Å². The Kier molecular flexibility index (Phi) is 6.16. The lowest BCUT2D eigenvalue weighted by molar-refractivity contribution is 0.0950. The third-order valence-electron chi connectivity index (χ3n) is 5.21. The van der Waals surface area contributed by atoms with Crippen molar-refractivity contribution in [2.75, 3.05) is 25.6 Å². The van der Waals surface area contributed by atoms with E-state index in [2.05, 4.69) is 10.6 Å². The van der Waals surface area contributed by atoms with Crippen molar-refractivity contribution in [1.29, 1.82) is 0 Å². The molecule has 1 atom stereocenters. The molecule has 4 rings (SSSR count). The second-order valence-electron chi connectivity index (χ2n) is 7.96. The van der Waals surface area contributed by atoms with Crippen molar-refractivity contribution >= 4 is 11.6 Å². The smallest absolute Gasteiger partial charge is 0.251 e. The summed E-state index contributed by atoms with van der Waals surface area (Å²) in [5.41, 5.74) is 1.58. The van der Waals surface area contributed by atoms with E-state index >= 15 is 0 Å². The van der Waals surface area contributed by atoms with Gasteiger partial charge in [0.2, 0.25) is 0 Å². The number of ether oxygens (including phenoxy) is 3. The van der Waals surface area contributed by atoms with E-state index in [9.17, 15) is 9.18 Å². The highest BCUT2D eigenvalue weighted by atomic mass is 19.1. The Bertz CT molecular complexity index is 1090. The summed E-state index contributed by atoms with van der Waals surface area (Å²) in [4.78, 5) is 12.6. The van der Waals surface area contributed by atoms with Crippen LogP contribution in [0.25, 0.3) is 0 Å². The maximum Gasteiger partial charge on any atom is 0.251 e. The molecule has 0 fully saturated rings. The van der Waals surface area contributed by atoms with Crippen LogP contribution < -0.4 is 24.8 Å². The first-order valence-electron chi connectivity index (χ1n) is 10.3. The molecule has 0 saturated carbocycles. The van der Waals surface area contributed by atoms with Crippen LogP contribution in [0.15, 0.2) is 66.7 Å². The average molecular weight is 436 g/mol. The van der Waals surface area contributed by atoms with Gasteiger partial charge < -0.3 is 24.8 Å². The van der Waals surface area contributed by atoms with E-state index < -0.39 is 5.54 Å². The molecular formula is C25H25FN2O4. The number of hydrogen-bond acceptors (Lipinski definition) is 5. The van der Waals surface area contributed by atoms with Gasteiger partial charge in [0.1, 0.15) is 41.8 Å². The van der Waals surface area contributed by atoms with Gasteiger partial charge in [0.05, 0.1) is 12.8 Å². The molecule has 0 aliphatic carbocycles. The van der Waals surface area contributed by atoms with Gasteiger partial charge in [-0.1, -0.05) is 12.1 Å². The lowest BCUT2D eigenvalue weighted by Gasteiger charge is -2.36. The molecule has 1 unspecified atom stereocenters. The van der Waals surface area contributed by atoms with Gasteiger partial charge in [0, 0.05) is 12.1 Å². The predicted molar refractivity (Wildman–Crippen MR) is 120 cm³/mol. The number of anilines is 1. The van der Waals surface area contributed by atoms with Gasteiger partial charge in [-0.05, 0) is 67.1 Å². The normalized spacial score (nSPS) is 16.8. The number of hydrogen-bond donors (Lipinski definition) is 2. The summed E-state index contributed by atoms with van der Waals surface area (Å²) in [6, 6.07) is 18.7. The van der Waals surface area contributed by atoms with Crippen molar-refractivity contribution in [1.82, 2.24) is 5.32 Å². The molecule has 1 aliphatic rings. The van der Waals surface area contributed by atoms with Gasteiger partial charge in [-0.25, -0.2) is 4.39 Å². The van der Waals surface area contributed by atoms with E-state index in [0.717, 1.165) is 22.7 Å². The maximum absolute atomic E-state index is 13.0. The molecule has 1 amide bonds. The number of amides is 1. The molecule has 6 nitrogen and oxygen atoms in total. The van der Waals surface area contributed by atoms with E-state index in [-0.39, 0.29) is 11.7 Å². The number of carbonyl (C=O) groups is 1. The summed E-state index contributed by atoms with van der Waals surface area (Å²) in [6.45, 7) is 3.11. The third kappa shape index (κ3) is 5.11. The fourth-order valence-corrected chi connectivity index (χ4v) is 3.37. The van der Waals surface area contributed by atoms with Crippen LogP contribution >= 0.6 is 0 Å². The van der Waals surface area contributed by atoms with Crippen molar-refractivity contribution in [3.63, 3.8) is 0 Å². The molecule has 3 aromatic carbocycles. The summed E-state index contributed by atoms with van der Waals surface area (Å²) in [6.07, 6.45) is 0. The molecule has 166 valence electrons. The monoisotopic (exact) mass is 436 g/mol. The van der Waals surface area contributed by atoms with Crippen LogP contribution in [-0.2, 0) is 6.54 Å². The summed E-state index contributed by atoms with van der Waals surface area (Å²) in [5, 5.41) is 6.30. The van der Waals surface area contributed by atoms with Crippen molar-refractivity contribution < 1.29 is 23.4 Å². The summed E-state index contributed by atoms with van der Waals surface area (Å²) < 4.78 is 30.0. The molecule has 0 aromatic heterocycles. The van der Waals surface area contributed by atoms with Gasteiger partial charge in [0.15, 0.2) is 0 Å². The highest BCUT2D eigenvalue weighted by Gasteiger charge is 2.32. The first-order valence-corrected chi connectivity index (χ1v) is 10.3. The summed E-state index contributed by atoms with van der Waals surface area (Å²) in [7, 11) is 1.62. The predicted octanol–water partition coefficient (Wildman–Crippen LogP) is 4.41. The number of fused-ring (bicyclic) bond motifs is 1. The molecular weight excluding hydrogens is 411 g/mol. The quantitative estimate of drug-likeness (QED) is 0.574. The Morgan fingerprint density at radius 1 is 1.09 bits per heavy atom. The second kappa shape index (κ2) is 9.18. The Morgan fingerprint density at radius 2 is 1.81 bits per heavy atom. The SMILES string of the molecule is COc1ccc(OCC2(C)COc3ccc(C(=O)NCc4ccc(F)cc4)cc3N2)cc1. The van der Waals surface area contributed by atoms with Gasteiger partial charge in [-0.3, -0.25) is 4.79 Å². The fraction of sp³-hybridized carbons (Fsp3) is 0.240. The first-order chi connectivity index (χ1) is 15.4. The van der Waals surface area contributed by atoms with Gasteiger partial charge in [-0.2, -0.15) is 0 Å². The Morgan fingerprint density at radius 3 is 2.53 bits per heavy atom. The largest absolute Gasteiger partial charge is 0.497 e. The molecule has 0 saturated heterocycles. The molecule has 2 N–H and O–H groups in total. The standard InChI is InChI=1S/C25H25FN2O4/c1-25(15-31-21-10-8-20(30-2)9-11-21)16-32-23-12-5-18(13-22(23)28-25)24(29)27-14-17-3-6-19(26)7-4-17/h3-13,28H,14-16H2,1-2H3,(H,27,29). The Hall–Kier alpha value is -3.74. The number of methoxy groups -OCH3 is 1. The van der Waals surface area contributed by atoms with Crippen molar-refractivity contribution in [3.05, 3.63) is 83.7 Å². The van der Waals surface area contributed by atoms with Crippen molar-refractivity contribution in [2.45, 2.75) is 19.0 Å². The average Bonchev–Trinajstić information content (AvgIpc) is 2.82. The van der Waals surface area contributed by atoms with E-state index in [4.69, 9.17) is 14.2 Å². The third-order valence-corrected chi connectivity index (χ3v) is 5.21. The topological polar surface area (TPSA) is 68.8 Å². The summed E-state index contributed by atoms with van der Waals surface area (Å²) in [5.74, 6) is 1.65. The molecule has 1 heterocycles. The number of halogens is 1. The number of carbonyl (C=O) groups excluding carboxylic acids is 1. The van der Waals surface area contributed by atoms with Crippen LogP contribution in [0, 0.1) is 5.82 Å². The minimum Gasteiger partial charge on any atom is -0.497 e. The number of rotatable bonds is 7. The lowest BCUT2D eigenvalue weighted by atomic mass is 10.0. The number of nitrogens with one attached hydrogen (secondary N) is 2. The van der Waals surface area contributed by atoms with Gasteiger partial charge in [-0.15, -0.1) is 0 Å². The lowest BCUT2D eigenvalue weighted by Crippen LogP contribution is -2.48. The minimum absolute atomic E-state index is 0.222.